The van der Waals surface area contributed by atoms with Crippen molar-refractivity contribution in [3.05, 3.63) is 0 Å². The van der Waals surface area contributed by atoms with Crippen LogP contribution in [0.25, 0.3) is 0 Å². The first kappa shape index (κ1) is 7.78. The second-order valence-electron chi connectivity index (χ2n) is 3.83. The fourth-order valence-corrected chi connectivity index (χ4v) is 4.02. The molecule has 3 nitrogen and oxygen atoms in total. The summed E-state index contributed by atoms with van der Waals surface area (Å²) in [6, 6.07) is 0. The van der Waals surface area contributed by atoms with Crippen LogP contribution in [0.15, 0.2) is 0 Å². The van der Waals surface area contributed by atoms with Crippen LogP contribution in [0.1, 0.15) is 25.7 Å². The summed E-state index contributed by atoms with van der Waals surface area (Å²) >= 11 is 0. The highest BCUT2D eigenvalue weighted by molar-refractivity contribution is 7.52. The molecule has 2 fully saturated rings. The molecule has 2 N–H and O–H groups in total. The Hall–Kier alpha value is 0.150. The van der Waals surface area contributed by atoms with E-state index in [-0.39, 0.29) is 5.66 Å². The Labute approximate surface area is 66.0 Å². The molecular formula is C7H13O3P. The van der Waals surface area contributed by atoms with Crippen molar-refractivity contribution >= 4 is 7.60 Å². The molecule has 64 valence electrons. The minimum absolute atomic E-state index is 0.291. The van der Waals surface area contributed by atoms with Gasteiger partial charge in [-0.2, -0.15) is 0 Å². The zero-order valence-corrected chi connectivity index (χ0v) is 7.20. The highest BCUT2D eigenvalue weighted by Crippen LogP contribution is 2.59. The summed E-state index contributed by atoms with van der Waals surface area (Å²) in [5, 5.41) is 0. The molecule has 2 rings (SSSR count). The van der Waals surface area contributed by atoms with Crippen LogP contribution >= 0.6 is 7.60 Å². The number of hydrogen-bond donors (Lipinski definition) is 2. The van der Waals surface area contributed by atoms with Gasteiger partial charge in [-0.05, 0) is 31.1 Å². The maximum Gasteiger partial charge on any atom is 0.328 e. The van der Waals surface area contributed by atoms with Crippen molar-refractivity contribution in [1.82, 2.24) is 0 Å². The Bertz CT molecular complexity index is 210. The lowest BCUT2D eigenvalue weighted by Gasteiger charge is -2.21. The zero-order valence-electron chi connectivity index (χ0n) is 6.31. The zero-order chi connectivity index (χ0) is 8.06. The highest BCUT2D eigenvalue weighted by Gasteiger charge is 2.47. The molecule has 11 heavy (non-hydrogen) atoms. The van der Waals surface area contributed by atoms with Gasteiger partial charge in [-0.3, -0.25) is 4.57 Å². The third-order valence-electron chi connectivity index (χ3n) is 3.13. The molecule has 2 saturated carbocycles. The molecule has 3 atom stereocenters. The van der Waals surface area contributed by atoms with Gasteiger partial charge in [0.05, 0.1) is 5.66 Å². The molecule has 0 radical (unpaired) electrons. The van der Waals surface area contributed by atoms with Crippen LogP contribution in [0, 0.1) is 11.8 Å². The standard InChI is InChI=1S/C7H13O3P/c8-11(9,10)7-4-5-1-2-6(7)3-5/h5-7H,1-4H2,(H2,8,9,10)/t5-,6+,7+/m1/s1. The smallest absolute Gasteiger partial charge is 0.324 e. The van der Waals surface area contributed by atoms with Crippen molar-refractivity contribution in [2.75, 3.05) is 0 Å². The van der Waals surface area contributed by atoms with E-state index in [1.54, 1.807) is 0 Å². The van der Waals surface area contributed by atoms with Crippen molar-refractivity contribution in [3.8, 4) is 0 Å². The molecule has 0 aliphatic heterocycles. The summed E-state index contributed by atoms with van der Waals surface area (Å²) in [5.74, 6) is 0.957. The van der Waals surface area contributed by atoms with Crippen molar-refractivity contribution in [2.45, 2.75) is 31.3 Å². The molecule has 0 amide bonds. The Morgan fingerprint density at radius 2 is 1.91 bits per heavy atom. The van der Waals surface area contributed by atoms with E-state index in [0.717, 1.165) is 19.3 Å². The lowest BCUT2D eigenvalue weighted by Crippen LogP contribution is -2.16. The summed E-state index contributed by atoms with van der Waals surface area (Å²) in [6.07, 6.45) is 4.08. The molecule has 0 unspecified atom stereocenters. The van der Waals surface area contributed by atoms with Gasteiger partial charge in [0, 0.05) is 0 Å². The molecule has 0 heterocycles. The van der Waals surface area contributed by atoms with E-state index in [9.17, 15) is 4.57 Å². The molecule has 0 aromatic carbocycles. The average Bonchev–Trinajstić information content (AvgIpc) is 2.42. The third-order valence-corrected chi connectivity index (χ3v) is 4.63. The second kappa shape index (κ2) is 2.32. The summed E-state index contributed by atoms with van der Waals surface area (Å²) in [5.41, 5.74) is -0.291. The number of fused-ring (bicyclic) bond motifs is 2. The Balaban J connectivity index is 2.14. The van der Waals surface area contributed by atoms with Gasteiger partial charge in [-0.25, -0.2) is 0 Å². The molecule has 0 spiro atoms. The minimum atomic E-state index is -3.76. The van der Waals surface area contributed by atoms with Crippen LogP contribution in [-0.2, 0) is 4.57 Å². The van der Waals surface area contributed by atoms with E-state index >= 15 is 0 Å². The third kappa shape index (κ3) is 1.26. The predicted octanol–water partition coefficient (Wildman–Crippen LogP) is 1.35. The SMILES string of the molecule is O=P(O)(O)[C@H]1C[C@@H]2CC[C@H]1C2. The average molecular weight is 176 g/mol. The molecule has 2 bridgehead atoms. The van der Waals surface area contributed by atoms with Gasteiger partial charge >= 0.3 is 7.60 Å². The van der Waals surface area contributed by atoms with E-state index in [1.807, 2.05) is 0 Å². The first-order chi connectivity index (χ1) is 5.07. The van der Waals surface area contributed by atoms with Gasteiger partial charge in [0.1, 0.15) is 0 Å². The van der Waals surface area contributed by atoms with E-state index in [0.29, 0.717) is 11.8 Å². The van der Waals surface area contributed by atoms with Crippen molar-refractivity contribution in [2.24, 2.45) is 11.8 Å². The fourth-order valence-electron chi connectivity index (χ4n) is 2.62. The topological polar surface area (TPSA) is 57.5 Å². The van der Waals surface area contributed by atoms with Crippen LogP contribution in [0.3, 0.4) is 0 Å². The summed E-state index contributed by atoms with van der Waals surface area (Å²) in [6.45, 7) is 0. The lowest BCUT2D eigenvalue weighted by atomic mass is 10.0. The Kier molecular flexibility index (Phi) is 1.64. The van der Waals surface area contributed by atoms with Gasteiger partial charge in [-0.1, -0.05) is 6.42 Å². The molecule has 2 aliphatic rings. The fraction of sp³-hybridized carbons (Fsp3) is 1.00. The lowest BCUT2D eigenvalue weighted by molar-refractivity contribution is 0.330. The summed E-state index contributed by atoms with van der Waals surface area (Å²) < 4.78 is 10.9. The molecule has 0 aromatic rings. The van der Waals surface area contributed by atoms with Gasteiger partial charge < -0.3 is 9.79 Å². The van der Waals surface area contributed by atoms with Gasteiger partial charge in [0.25, 0.3) is 0 Å². The molecular weight excluding hydrogens is 163 g/mol. The maximum atomic E-state index is 10.9. The minimum Gasteiger partial charge on any atom is -0.324 e. The van der Waals surface area contributed by atoms with E-state index in [4.69, 9.17) is 9.79 Å². The number of rotatable bonds is 1. The van der Waals surface area contributed by atoms with E-state index in [1.165, 1.54) is 6.42 Å². The van der Waals surface area contributed by atoms with Gasteiger partial charge in [-0.15, -0.1) is 0 Å². The number of hydrogen-bond acceptors (Lipinski definition) is 1. The van der Waals surface area contributed by atoms with Crippen molar-refractivity contribution < 1.29 is 14.4 Å². The van der Waals surface area contributed by atoms with Gasteiger partial charge in [0.2, 0.25) is 0 Å². The molecule has 0 aromatic heterocycles. The molecule has 2 aliphatic carbocycles. The van der Waals surface area contributed by atoms with Crippen molar-refractivity contribution in [1.29, 1.82) is 0 Å². The van der Waals surface area contributed by atoms with Crippen LogP contribution in [0.2, 0.25) is 0 Å². The Morgan fingerprint density at radius 3 is 2.18 bits per heavy atom. The maximum absolute atomic E-state index is 10.9. The highest BCUT2D eigenvalue weighted by atomic mass is 31.2. The summed E-state index contributed by atoms with van der Waals surface area (Å²) in [4.78, 5) is 17.9. The first-order valence-electron chi connectivity index (χ1n) is 4.12. The molecule has 0 saturated heterocycles. The predicted molar refractivity (Wildman–Crippen MR) is 41.3 cm³/mol. The van der Waals surface area contributed by atoms with Crippen LogP contribution in [0.5, 0.6) is 0 Å². The van der Waals surface area contributed by atoms with E-state index < -0.39 is 7.60 Å². The van der Waals surface area contributed by atoms with Crippen LogP contribution < -0.4 is 0 Å². The second-order valence-corrected chi connectivity index (χ2v) is 5.67. The summed E-state index contributed by atoms with van der Waals surface area (Å²) in [7, 11) is -3.76. The van der Waals surface area contributed by atoms with Crippen molar-refractivity contribution in [3.63, 3.8) is 0 Å². The van der Waals surface area contributed by atoms with Crippen LogP contribution in [-0.4, -0.2) is 15.4 Å². The van der Waals surface area contributed by atoms with Gasteiger partial charge in [0.15, 0.2) is 0 Å². The van der Waals surface area contributed by atoms with E-state index in [2.05, 4.69) is 0 Å². The first-order valence-corrected chi connectivity index (χ1v) is 5.81. The monoisotopic (exact) mass is 176 g/mol. The van der Waals surface area contributed by atoms with Crippen LogP contribution in [0.4, 0.5) is 0 Å². The largest absolute Gasteiger partial charge is 0.328 e. The molecule has 4 heteroatoms. The normalized spacial score (nSPS) is 43.3. The quantitative estimate of drug-likeness (QED) is 0.593. The Morgan fingerprint density at radius 1 is 1.18 bits per heavy atom.